The van der Waals surface area contributed by atoms with Crippen molar-refractivity contribution in [2.45, 2.75) is 43.7 Å². The summed E-state index contributed by atoms with van der Waals surface area (Å²) in [5.74, 6) is -0.134. The summed E-state index contributed by atoms with van der Waals surface area (Å²) in [5, 5.41) is 0. The highest BCUT2D eigenvalue weighted by molar-refractivity contribution is 9.10. The molecule has 1 saturated heterocycles. The minimum atomic E-state index is -3.73. The third kappa shape index (κ3) is 4.61. The SMILES string of the molecule is CC(=O)N1CCc2cc(Br)cc(S(=O)(=O)NC3CC[NH+](Cc4ccccc4)CC3)c21. The molecule has 2 aliphatic rings. The van der Waals surface area contributed by atoms with E-state index in [9.17, 15) is 13.2 Å². The van der Waals surface area contributed by atoms with Gasteiger partial charge in [-0.25, -0.2) is 13.1 Å². The second kappa shape index (κ2) is 8.78. The first-order chi connectivity index (χ1) is 14.3. The van der Waals surface area contributed by atoms with Gasteiger partial charge < -0.3 is 9.80 Å². The standard InChI is InChI=1S/C22H26BrN3O3S/c1-16(27)26-12-7-18-13-19(23)14-21(22(18)26)30(28,29)24-20-8-10-25(11-9-20)15-17-5-3-2-4-6-17/h2-6,13-14,20,24H,7-12,15H2,1H3/p+1. The molecule has 0 radical (unpaired) electrons. The van der Waals surface area contributed by atoms with Crippen LogP contribution in [-0.4, -0.2) is 40.0 Å². The highest BCUT2D eigenvalue weighted by atomic mass is 79.9. The maximum absolute atomic E-state index is 13.3. The molecule has 0 spiro atoms. The average molecular weight is 493 g/mol. The number of quaternary nitrogens is 1. The number of fused-ring (bicyclic) bond motifs is 1. The molecule has 0 unspecified atom stereocenters. The Morgan fingerprint density at radius 1 is 1.20 bits per heavy atom. The summed E-state index contributed by atoms with van der Waals surface area (Å²) in [6, 6.07) is 13.8. The number of sulfonamides is 1. The lowest BCUT2D eigenvalue weighted by Gasteiger charge is -2.30. The monoisotopic (exact) mass is 492 g/mol. The lowest BCUT2D eigenvalue weighted by atomic mass is 10.1. The van der Waals surface area contributed by atoms with Crippen molar-refractivity contribution in [1.82, 2.24) is 4.72 Å². The van der Waals surface area contributed by atoms with E-state index in [2.05, 4.69) is 44.9 Å². The van der Waals surface area contributed by atoms with Crippen LogP contribution in [-0.2, 0) is 27.8 Å². The molecule has 4 rings (SSSR count). The smallest absolute Gasteiger partial charge is 0.242 e. The number of likely N-dealkylation sites (tertiary alicyclic amines) is 1. The molecule has 0 atom stereocenters. The molecular weight excluding hydrogens is 466 g/mol. The molecule has 2 N–H and O–H groups in total. The Kier molecular flexibility index (Phi) is 6.29. The number of rotatable bonds is 5. The summed E-state index contributed by atoms with van der Waals surface area (Å²) in [7, 11) is -3.73. The van der Waals surface area contributed by atoms with E-state index < -0.39 is 10.0 Å². The largest absolute Gasteiger partial charge is 0.331 e. The summed E-state index contributed by atoms with van der Waals surface area (Å²) in [4.78, 5) is 15.3. The molecule has 1 amide bonds. The highest BCUT2D eigenvalue weighted by Crippen LogP contribution is 2.37. The van der Waals surface area contributed by atoms with E-state index >= 15 is 0 Å². The molecule has 8 heteroatoms. The van der Waals surface area contributed by atoms with Gasteiger partial charge in [0.1, 0.15) is 11.4 Å². The van der Waals surface area contributed by atoms with Gasteiger partial charge in [0.15, 0.2) is 0 Å². The first kappa shape index (κ1) is 21.5. The van der Waals surface area contributed by atoms with Crippen LogP contribution in [0.15, 0.2) is 51.8 Å². The van der Waals surface area contributed by atoms with Crippen molar-refractivity contribution >= 4 is 37.5 Å². The molecule has 0 bridgehead atoms. The van der Waals surface area contributed by atoms with Gasteiger partial charge >= 0.3 is 0 Å². The zero-order chi connectivity index (χ0) is 21.3. The van der Waals surface area contributed by atoms with Crippen LogP contribution in [0, 0.1) is 0 Å². The van der Waals surface area contributed by atoms with Crippen LogP contribution in [0.3, 0.4) is 0 Å². The molecular formula is C22H27BrN3O3S+. The molecule has 0 aromatic heterocycles. The van der Waals surface area contributed by atoms with Crippen molar-refractivity contribution in [3.8, 4) is 0 Å². The second-order valence-corrected chi connectivity index (χ2v) is 10.7. The number of amides is 1. The Balaban J connectivity index is 1.47. The number of piperidine rings is 1. The predicted molar refractivity (Wildman–Crippen MR) is 120 cm³/mol. The number of nitrogens with one attached hydrogen (secondary N) is 2. The van der Waals surface area contributed by atoms with Crippen LogP contribution >= 0.6 is 15.9 Å². The molecule has 30 heavy (non-hydrogen) atoms. The number of halogens is 1. The topological polar surface area (TPSA) is 70.9 Å². The third-order valence-corrected chi connectivity index (χ3v) is 7.97. The fourth-order valence-electron chi connectivity index (χ4n) is 4.48. The van der Waals surface area contributed by atoms with Gasteiger partial charge in [0.2, 0.25) is 15.9 Å². The number of hydrogen-bond acceptors (Lipinski definition) is 3. The maximum atomic E-state index is 13.3. The third-order valence-electron chi connectivity index (χ3n) is 5.97. The minimum absolute atomic E-state index is 0.0867. The zero-order valence-corrected chi connectivity index (χ0v) is 19.4. The van der Waals surface area contributed by atoms with E-state index in [1.807, 2.05) is 12.1 Å². The molecule has 160 valence electrons. The van der Waals surface area contributed by atoms with Gasteiger partial charge in [-0.3, -0.25) is 4.79 Å². The van der Waals surface area contributed by atoms with Crippen molar-refractivity contribution in [3.05, 3.63) is 58.1 Å². The number of benzene rings is 2. The Labute approximate surface area is 186 Å². The number of hydrogen-bond donors (Lipinski definition) is 2. The first-order valence-electron chi connectivity index (χ1n) is 10.3. The molecule has 2 aliphatic heterocycles. The van der Waals surface area contributed by atoms with Crippen molar-refractivity contribution in [2.75, 3.05) is 24.5 Å². The van der Waals surface area contributed by atoms with E-state index in [0.717, 1.165) is 38.0 Å². The molecule has 0 saturated carbocycles. The summed E-state index contributed by atoms with van der Waals surface area (Å²) >= 11 is 3.43. The van der Waals surface area contributed by atoms with Crippen LogP contribution in [0.5, 0.6) is 0 Å². The lowest BCUT2D eigenvalue weighted by molar-refractivity contribution is -0.918. The molecule has 0 aliphatic carbocycles. The molecule has 2 aromatic carbocycles. The normalized spacial score (nSPS) is 21.5. The first-order valence-corrected chi connectivity index (χ1v) is 12.6. The van der Waals surface area contributed by atoms with Crippen molar-refractivity contribution in [3.63, 3.8) is 0 Å². The number of anilines is 1. The summed E-state index contributed by atoms with van der Waals surface area (Å²) in [5.41, 5.74) is 2.73. The van der Waals surface area contributed by atoms with Crippen LogP contribution in [0.1, 0.15) is 30.9 Å². The number of nitrogens with zero attached hydrogens (tertiary/aromatic N) is 1. The summed E-state index contributed by atoms with van der Waals surface area (Å²) in [6.07, 6.45) is 2.26. The Bertz CT molecular complexity index is 1040. The molecule has 2 heterocycles. The van der Waals surface area contributed by atoms with Gasteiger partial charge in [0.25, 0.3) is 0 Å². The Morgan fingerprint density at radius 3 is 2.57 bits per heavy atom. The van der Waals surface area contributed by atoms with Gasteiger partial charge in [-0.2, -0.15) is 0 Å². The van der Waals surface area contributed by atoms with E-state index in [1.165, 1.54) is 17.4 Å². The summed E-state index contributed by atoms with van der Waals surface area (Å²) < 4.78 is 30.2. The van der Waals surface area contributed by atoms with Crippen LogP contribution in [0.4, 0.5) is 5.69 Å². The number of carbonyl (C=O) groups excluding carboxylic acids is 1. The maximum Gasteiger partial charge on any atom is 0.242 e. The van der Waals surface area contributed by atoms with E-state index in [0.29, 0.717) is 23.1 Å². The van der Waals surface area contributed by atoms with Gasteiger partial charge in [-0.1, -0.05) is 46.3 Å². The quantitative estimate of drug-likeness (QED) is 0.669. The van der Waals surface area contributed by atoms with E-state index in [-0.39, 0.29) is 16.8 Å². The van der Waals surface area contributed by atoms with Gasteiger partial charge in [-0.05, 0) is 24.1 Å². The molecule has 1 fully saturated rings. The van der Waals surface area contributed by atoms with Gasteiger partial charge in [0.05, 0.1) is 18.8 Å². The van der Waals surface area contributed by atoms with Gasteiger partial charge in [0, 0.05) is 42.4 Å². The predicted octanol–water partition coefficient (Wildman–Crippen LogP) is 1.88. The minimum Gasteiger partial charge on any atom is -0.331 e. The summed E-state index contributed by atoms with van der Waals surface area (Å²) in [6.45, 7) is 4.82. The highest BCUT2D eigenvalue weighted by Gasteiger charge is 2.33. The van der Waals surface area contributed by atoms with Crippen LogP contribution in [0.2, 0.25) is 0 Å². The van der Waals surface area contributed by atoms with Gasteiger partial charge in [-0.15, -0.1) is 0 Å². The van der Waals surface area contributed by atoms with Crippen molar-refractivity contribution < 1.29 is 18.1 Å². The van der Waals surface area contributed by atoms with Crippen LogP contribution < -0.4 is 14.5 Å². The van der Waals surface area contributed by atoms with Crippen molar-refractivity contribution in [1.29, 1.82) is 0 Å². The van der Waals surface area contributed by atoms with E-state index in [4.69, 9.17) is 0 Å². The lowest BCUT2D eigenvalue weighted by Crippen LogP contribution is -3.12. The zero-order valence-electron chi connectivity index (χ0n) is 17.0. The Hall–Kier alpha value is -1.74. The van der Waals surface area contributed by atoms with Crippen LogP contribution in [0.25, 0.3) is 0 Å². The van der Waals surface area contributed by atoms with E-state index in [1.54, 1.807) is 11.0 Å². The van der Waals surface area contributed by atoms with Crippen molar-refractivity contribution in [2.24, 2.45) is 0 Å². The fraction of sp³-hybridized carbons (Fsp3) is 0.409. The Morgan fingerprint density at radius 2 is 1.90 bits per heavy atom. The number of carbonyl (C=O) groups is 1. The molecule has 6 nitrogen and oxygen atoms in total. The fourth-order valence-corrected chi connectivity index (χ4v) is 6.71. The molecule has 2 aromatic rings. The average Bonchev–Trinajstić information content (AvgIpc) is 3.13. The second-order valence-electron chi connectivity index (χ2n) is 8.14.